The van der Waals surface area contributed by atoms with E-state index in [2.05, 4.69) is 114 Å². The zero-order valence-corrected chi connectivity index (χ0v) is 29.8. The summed E-state index contributed by atoms with van der Waals surface area (Å²) in [5.41, 5.74) is 8.87. The molecule has 4 nitrogen and oxygen atoms in total. The zero-order valence-electron chi connectivity index (χ0n) is 28.9. The van der Waals surface area contributed by atoms with E-state index in [-0.39, 0.29) is 16.2 Å². The molecule has 1 atom stereocenters. The third-order valence-electron chi connectivity index (χ3n) is 11.2. The third-order valence-corrected chi connectivity index (χ3v) is 12.6. The summed E-state index contributed by atoms with van der Waals surface area (Å²) in [6.07, 6.45) is 8.00. The Morgan fingerprint density at radius 3 is 2.40 bits per heavy atom. The van der Waals surface area contributed by atoms with Crippen molar-refractivity contribution in [2.75, 3.05) is 36.8 Å². The minimum Gasteiger partial charge on any atom is -0.367 e. The lowest BCUT2D eigenvalue weighted by atomic mass is 9.71. The normalized spacial score (nSPS) is 18.6. The molecule has 0 amide bonds. The summed E-state index contributed by atoms with van der Waals surface area (Å²) in [6.45, 7) is 29.4. The average Bonchev–Trinajstić information content (AvgIpc) is 3.56. The molecular weight excluding hydrogens is 545 g/mol. The second kappa shape index (κ2) is 12.4. The van der Waals surface area contributed by atoms with Gasteiger partial charge >= 0.3 is 0 Å². The highest BCUT2D eigenvalue weighted by Crippen LogP contribution is 2.45. The number of fused-ring (bicyclic) bond motifs is 2. The smallest absolute Gasteiger partial charge is 0.0560 e. The fourth-order valence-corrected chi connectivity index (χ4v) is 8.09. The van der Waals surface area contributed by atoms with Crippen molar-refractivity contribution in [3.8, 4) is 11.3 Å². The Morgan fingerprint density at radius 1 is 0.953 bits per heavy atom. The number of aryl methyl sites for hydroxylation is 2. The van der Waals surface area contributed by atoms with Crippen LogP contribution < -0.4 is 4.90 Å². The summed E-state index contributed by atoms with van der Waals surface area (Å²) in [5.74, 6) is 1.11. The molecule has 0 N–H and O–H groups in total. The van der Waals surface area contributed by atoms with Gasteiger partial charge in [0.1, 0.15) is 0 Å². The van der Waals surface area contributed by atoms with Crippen molar-refractivity contribution in [1.29, 1.82) is 0 Å². The van der Waals surface area contributed by atoms with E-state index in [4.69, 9.17) is 4.98 Å². The molecule has 43 heavy (non-hydrogen) atoms. The topological polar surface area (TPSA) is 24.3 Å². The SMILES string of the molecule is CCc1ncc(N2CCN3CCCC3C2)cc1-c1c(CC(C)(C)CC)c2cc(SCC(C)(C)C(C)(C)C)ccc2n1CC. The lowest BCUT2D eigenvalue weighted by Gasteiger charge is -2.39. The Hall–Kier alpha value is -1.98. The Balaban J connectivity index is 1.63. The van der Waals surface area contributed by atoms with Gasteiger partial charge in [-0.05, 0) is 85.2 Å². The maximum absolute atomic E-state index is 5.16. The van der Waals surface area contributed by atoms with Crippen molar-refractivity contribution in [2.24, 2.45) is 16.2 Å². The van der Waals surface area contributed by atoms with Crippen molar-refractivity contribution in [3.05, 3.63) is 41.7 Å². The molecule has 2 aliphatic rings. The van der Waals surface area contributed by atoms with E-state index in [1.165, 1.54) is 69.9 Å². The molecule has 2 saturated heterocycles. The molecule has 0 bridgehead atoms. The molecule has 2 fully saturated rings. The second-order valence-corrected chi connectivity index (χ2v) is 16.7. The molecule has 0 aliphatic carbocycles. The lowest BCUT2D eigenvalue weighted by molar-refractivity contribution is 0.162. The number of hydrogen-bond acceptors (Lipinski definition) is 4. The van der Waals surface area contributed by atoms with Gasteiger partial charge in [0, 0.05) is 65.0 Å². The number of aromatic nitrogens is 2. The predicted octanol–water partition coefficient (Wildman–Crippen LogP) is 9.71. The van der Waals surface area contributed by atoms with Gasteiger partial charge in [0.05, 0.1) is 17.6 Å². The van der Waals surface area contributed by atoms with Gasteiger partial charge in [0.15, 0.2) is 0 Å². The summed E-state index contributed by atoms with van der Waals surface area (Å²) in [5, 5.41) is 1.43. The molecule has 2 aliphatic heterocycles. The number of pyridine rings is 1. The first-order chi connectivity index (χ1) is 20.3. The summed E-state index contributed by atoms with van der Waals surface area (Å²) in [7, 11) is 0. The Kier molecular flexibility index (Phi) is 9.37. The van der Waals surface area contributed by atoms with Gasteiger partial charge < -0.3 is 9.47 Å². The molecule has 236 valence electrons. The number of anilines is 1. The van der Waals surface area contributed by atoms with E-state index in [0.717, 1.165) is 44.6 Å². The molecule has 4 heterocycles. The first kappa shape index (κ1) is 32.4. The number of hydrogen-bond donors (Lipinski definition) is 0. The van der Waals surface area contributed by atoms with Gasteiger partial charge in [-0.25, -0.2) is 0 Å². The molecule has 1 aromatic carbocycles. The molecule has 5 heteroatoms. The minimum absolute atomic E-state index is 0.217. The monoisotopic (exact) mass is 602 g/mol. The van der Waals surface area contributed by atoms with Crippen LogP contribution in [0, 0.1) is 16.2 Å². The van der Waals surface area contributed by atoms with Gasteiger partial charge in [0.2, 0.25) is 0 Å². The number of nitrogens with zero attached hydrogens (tertiary/aromatic N) is 4. The molecule has 5 rings (SSSR count). The minimum atomic E-state index is 0.217. The Bertz CT molecular complexity index is 1430. The van der Waals surface area contributed by atoms with Crippen LogP contribution in [0.25, 0.3) is 22.2 Å². The fourth-order valence-electron chi connectivity index (χ4n) is 6.76. The summed E-state index contributed by atoms with van der Waals surface area (Å²) in [4.78, 5) is 11.9. The first-order valence-electron chi connectivity index (χ1n) is 17.0. The van der Waals surface area contributed by atoms with Crippen LogP contribution in [-0.2, 0) is 19.4 Å². The molecular formula is C38H58N4S. The maximum atomic E-state index is 5.16. The molecule has 2 aromatic heterocycles. The van der Waals surface area contributed by atoms with Crippen molar-refractivity contribution in [1.82, 2.24) is 14.5 Å². The Morgan fingerprint density at radius 2 is 1.72 bits per heavy atom. The molecule has 1 unspecified atom stereocenters. The fraction of sp³-hybridized carbons (Fsp3) is 0.658. The van der Waals surface area contributed by atoms with Crippen molar-refractivity contribution >= 4 is 28.4 Å². The highest BCUT2D eigenvalue weighted by Gasteiger charge is 2.34. The van der Waals surface area contributed by atoms with Crippen LogP contribution in [0.2, 0.25) is 0 Å². The van der Waals surface area contributed by atoms with Crippen LogP contribution in [0.5, 0.6) is 0 Å². The first-order valence-corrected chi connectivity index (χ1v) is 18.0. The van der Waals surface area contributed by atoms with Crippen LogP contribution >= 0.6 is 11.8 Å². The summed E-state index contributed by atoms with van der Waals surface area (Å²) >= 11 is 2.02. The highest BCUT2D eigenvalue weighted by molar-refractivity contribution is 7.99. The lowest BCUT2D eigenvalue weighted by Crippen LogP contribution is -2.50. The second-order valence-electron chi connectivity index (χ2n) is 15.7. The Labute approximate surface area is 267 Å². The van der Waals surface area contributed by atoms with Crippen molar-refractivity contribution < 1.29 is 0 Å². The van der Waals surface area contributed by atoms with Crippen LogP contribution in [-0.4, -0.2) is 52.4 Å². The number of piperazine rings is 1. The van der Waals surface area contributed by atoms with E-state index >= 15 is 0 Å². The van der Waals surface area contributed by atoms with Crippen molar-refractivity contribution in [3.63, 3.8) is 0 Å². The van der Waals surface area contributed by atoms with E-state index in [0.29, 0.717) is 6.04 Å². The summed E-state index contributed by atoms with van der Waals surface area (Å²) in [6, 6.07) is 10.5. The van der Waals surface area contributed by atoms with E-state index in [1.807, 2.05) is 11.8 Å². The predicted molar refractivity (Wildman–Crippen MR) is 189 cm³/mol. The van der Waals surface area contributed by atoms with Gasteiger partial charge in [-0.2, -0.15) is 0 Å². The van der Waals surface area contributed by atoms with Gasteiger partial charge in [-0.15, -0.1) is 11.8 Å². The quantitative estimate of drug-likeness (QED) is 0.216. The molecule has 0 radical (unpaired) electrons. The van der Waals surface area contributed by atoms with Crippen LogP contribution in [0.15, 0.2) is 35.4 Å². The average molecular weight is 603 g/mol. The largest absolute Gasteiger partial charge is 0.367 e. The van der Waals surface area contributed by atoms with Crippen molar-refractivity contribution in [2.45, 2.75) is 119 Å². The van der Waals surface area contributed by atoms with Gasteiger partial charge in [-0.3, -0.25) is 9.88 Å². The maximum Gasteiger partial charge on any atom is 0.0560 e. The van der Waals surface area contributed by atoms with Gasteiger partial charge in [0.25, 0.3) is 0 Å². The number of rotatable bonds is 10. The number of thioether (sulfide) groups is 1. The molecule has 0 saturated carbocycles. The number of benzene rings is 1. The van der Waals surface area contributed by atoms with Crippen LogP contribution in [0.4, 0.5) is 5.69 Å². The summed E-state index contributed by atoms with van der Waals surface area (Å²) < 4.78 is 2.60. The van der Waals surface area contributed by atoms with Crippen LogP contribution in [0.3, 0.4) is 0 Å². The highest BCUT2D eigenvalue weighted by atomic mass is 32.2. The van der Waals surface area contributed by atoms with E-state index < -0.39 is 0 Å². The van der Waals surface area contributed by atoms with E-state index in [9.17, 15) is 0 Å². The van der Waals surface area contributed by atoms with Gasteiger partial charge in [-0.1, -0.05) is 68.7 Å². The molecule has 3 aromatic rings. The zero-order chi connectivity index (χ0) is 31.2. The standard InChI is InChI=1S/C38H58N4S/c1-11-33-31(21-28(24-39-33)41-20-19-40-18-14-15-27(40)25-41)35-32(23-37(7,8)12-2)30-22-29(16-17-34(30)42(35)13-3)43-26-38(9,10)36(4,5)6/h16-17,21-22,24,27H,11-15,18-20,23,25-26H2,1-10H3. The van der Waals surface area contributed by atoms with E-state index in [1.54, 1.807) is 0 Å². The van der Waals surface area contributed by atoms with Crippen LogP contribution in [0.1, 0.15) is 99.8 Å². The third kappa shape index (κ3) is 6.54. The molecule has 0 spiro atoms.